The highest BCUT2D eigenvalue weighted by molar-refractivity contribution is 8.00. The van der Waals surface area contributed by atoms with E-state index in [0.717, 1.165) is 23.9 Å². The Balaban J connectivity index is 1.81. The number of pyridine rings is 1. The van der Waals surface area contributed by atoms with Gasteiger partial charge in [0.1, 0.15) is 0 Å². The molecule has 110 valence electrons. The summed E-state index contributed by atoms with van der Waals surface area (Å²) in [4.78, 5) is 8.76. The Morgan fingerprint density at radius 3 is 2.95 bits per heavy atom. The van der Waals surface area contributed by atoms with E-state index in [1.807, 2.05) is 32.2 Å². The second-order valence-electron chi connectivity index (χ2n) is 5.45. The minimum atomic E-state index is 0.346. The second kappa shape index (κ2) is 6.97. The molecule has 2 N–H and O–H groups in total. The van der Waals surface area contributed by atoms with E-state index in [1.165, 1.54) is 18.6 Å². The number of thioether (sulfide) groups is 1. The van der Waals surface area contributed by atoms with Gasteiger partial charge in [0.15, 0.2) is 5.96 Å². The molecule has 0 amide bonds. The lowest BCUT2D eigenvalue weighted by Gasteiger charge is -2.24. The van der Waals surface area contributed by atoms with Crippen LogP contribution in [0.2, 0.25) is 0 Å². The van der Waals surface area contributed by atoms with Crippen molar-refractivity contribution in [3.05, 3.63) is 29.6 Å². The van der Waals surface area contributed by atoms with E-state index in [1.54, 1.807) is 0 Å². The van der Waals surface area contributed by atoms with Gasteiger partial charge in [0.2, 0.25) is 0 Å². The lowest BCUT2D eigenvalue weighted by molar-refractivity contribution is 0.584. The number of aromatic nitrogens is 1. The van der Waals surface area contributed by atoms with Crippen LogP contribution >= 0.6 is 11.8 Å². The molecule has 2 rings (SSSR count). The standard InChI is InChI=1S/C15H24N4S/c1-12-6-4-7-13(19-12)10-17-14(16-3)18-11-15(2)8-5-9-20-15/h4,6-7H,5,8-11H2,1-3H3,(H2,16,17,18). The van der Waals surface area contributed by atoms with Crippen LogP contribution in [0.1, 0.15) is 31.2 Å². The number of aryl methyl sites for hydroxylation is 1. The molecular formula is C15H24N4S. The molecule has 1 aliphatic heterocycles. The van der Waals surface area contributed by atoms with Crippen molar-refractivity contribution in [2.75, 3.05) is 19.3 Å². The fourth-order valence-corrected chi connectivity index (χ4v) is 3.58. The first-order chi connectivity index (χ1) is 9.61. The molecule has 1 unspecified atom stereocenters. The topological polar surface area (TPSA) is 49.3 Å². The van der Waals surface area contributed by atoms with Crippen LogP contribution in [-0.2, 0) is 6.54 Å². The molecule has 0 aliphatic carbocycles. The normalized spacial score (nSPS) is 22.9. The van der Waals surface area contributed by atoms with Gasteiger partial charge >= 0.3 is 0 Å². The molecule has 5 heteroatoms. The quantitative estimate of drug-likeness (QED) is 0.660. The highest BCUT2D eigenvalue weighted by Gasteiger charge is 2.29. The third kappa shape index (κ3) is 4.40. The SMILES string of the molecule is CN=C(NCc1cccc(C)n1)NCC1(C)CCCS1. The van der Waals surface area contributed by atoms with Crippen LogP contribution in [0, 0.1) is 6.92 Å². The number of nitrogens with zero attached hydrogens (tertiary/aromatic N) is 2. The van der Waals surface area contributed by atoms with Crippen molar-refractivity contribution in [3.63, 3.8) is 0 Å². The first-order valence-electron chi connectivity index (χ1n) is 7.12. The maximum atomic E-state index is 4.48. The lowest BCUT2D eigenvalue weighted by atomic mass is 10.1. The van der Waals surface area contributed by atoms with Crippen molar-refractivity contribution in [2.24, 2.45) is 4.99 Å². The summed E-state index contributed by atoms with van der Waals surface area (Å²) < 4.78 is 0.346. The van der Waals surface area contributed by atoms with Gasteiger partial charge in [-0.2, -0.15) is 11.8 Å². The van der Waals surface area contributed by atoms with Crippen molar-refractivity contribution in [1.29, 1.82) is 0 Å². The van der Waals surface area contributed by atoms with Crippen molar-refractivity contribution >= 4 is 17.7 Å². The summed E-state index contributed by atoms with van der Waals surface area (Å²) in [5.74, 6) is 2.12. The Kier molecular flexibility index (Phi) is 5.29. The minimum Gasteiger partial charge on any atom is -0.355 e. The smallest absolute Gasteiger partial charge is 0.191 e. The Labute approximate surface area is 125 Å². The van der Waals surface area contributed by atoms with Gasteiger partial charge in [0, 0.05) is 24.0 Å². The number of nitrogens with one attached hydrogen (secondary N) is 2. The highest BCUT2D eigenvalue weighted by Crippen LogP contribution is 2.36. The van der Waals surface area contributed by atoms with Crippen LogP contribution < -0.4 is 10.6 Å². The molecule has 20 heavy (non-hydrogen) atoms. The largest absolute Gasteiger partial charge is 0.355 e. The van der Waals surface area contributed by atoms with Crippen LogP contribution in [0.15, 0.2) is 23.2 Å². The van der Waals surface area contributed by atoms with E-state index < -0.39 is 0 Å². The summed E-state index contributed by atoms with van der Waals surface area (Å²) in [7, 11) is 1.81. The van der Waals surface area contributed by atoms with Crippen LogP contribution in [0.5, 0.6) is 0 Å². The minimum absolute atomic E-state index is 0.346. The summed E-state index contributed by atoms with van der Waals surface area (Å²) in [5, 5.41) is 6.75. The third-order valence-corrected chi connectivity index (χ3v) is 5.07. The third-order valence-electron chi connectivity index (χ3n) is 3.54. The van der Waals surface area contributed by atoms with Crippen molar-refractivity contribution in [2.45, 2.75) is 38.0 Å². The molecule has 1 saturated heterocycles. The van der Waals surface area contributed by atoms with Gasteiger partial charge in [0.25, 0.3) is 0 Å². The molecule has 1 atom stereocenters. The first-order valence-corrected chi connectivity index (χ1v) is 8.11. The molecule has 1 aromatic heterocycles. The Morgan fingerprint density at radius 1 is 1.45 bits per heavy atom. The number of rotatable bonds is 4. The van der Waals surface area contributed by atoms with Crippen molar-refractivity contribution < 1.29 is 0 Å². The average molecular weight is 292 g/mol. The summed E-state index contributed by atoms with van der Waals surface area (Å²) in [6, 6.07) is 6.07. The number of guanidine groups is 1. The molecule has 1 fully saturated rings. The molecule has 1 aliphatic rings. The van der Waals surface area contributed by atoms with Crippen LogP contribution in [-0.4, -0.2) is 35.0 Å². The summed E-state index contributed by atoms with van der Waals surface area (Å²) >= 11 is 2.06. The fourth-order valence-electron chi connectivity index (χ4n) is 2.34. The summed E-state index contributed by atoms with van der Waals surface area (Å²) in [6.45, 7) is 5.99. The zero-order valence-corrected chi connectivity index (χ0v) is 13.4. The maximum absolute atomic E-state index is 4.48. The zero-order valence-electron chi connectivity index (χ0n) is 12.6. The van der Waals surface area contributed by atoms with Gasteiger partial charge in [-0.25, -0.2) is 0 Å². The molecular weight excluding hydrogens is 268 g/mol. The number of hydrogen-bond donors (Lipinski definition) is 2. The fraction of sp³-hybridized carbons (Fsp3) is 0.600. The van der Waals surface area contributed by atoms with Crippen LogP contribution in [0.3, 0.4) is 0 Å². The highest BCUT2D eigenvalue weighted by atomic mass is 32.2. The van der Waals surface area contributed by atoms with Gasteiger partial charge in [-0.1, -0.05) is 6.07 Å². The molecule has 0 bridgehead atoms. The Bertz CT molecular complexity index is 467. The van der Waals surface area contributed by atoms with Crippen LogP contribution in [0.4, 0.5) is 0 Å². The van der Waals surface area contributed by atoms with E-state index in [2.05, 4.69) is 39.3 Å². The van der Waals surface area contributed by atoms with E-state index in [-0.39, 0.29) is 0 Å². The maximum Gasteiger partial charge on any atom is 0.191 e. The molecule has 0 saturated carbocycles. The molecule has 1 aromatic rings. The monoisotopic (exact) mass is 292 g/mol. The molecule has 0 aromatic carbocycles. The second-order valence-corrected chi connectivity index (χ2v) is 7.13. The van der Waals surface area contributed by atoms with Gasteiger partial charge in [-0.05, 0) is 44.6 Å². The lowest BCUT2D eigenvalue weighted by Crippen LogP contribution is -2.43. The molecule has 0 radical (unpaired) electrons. The Morgan fingerprint density at radius 2 is 2.30 bits per heavy atom. The Hall–Kier alpha value is -1.23. The molecule has 4 nitrogen and oxygen atoms in total. The van der Waals surface area contributed by atoms with E-state index >= 15 is 0 Å². The first kappa shape index (κ1) is 15.2. The zero-order chi connectivity index (χ0) is 14.4. The predicted octanol–water partition coefficient (Wildman–Crippen LogP) is 2.34. The summed E-state index contributed by atoms with van der Waals surface area (Å²) in [5.41, 5.74) is 2.08. The average Bonchev–Trinajstić information content (AvgIpc) is 2.86. The van der Waals surface area contributed by atoms with Gasteiger partial charge < -0.3 is 10.6 Å². The van der Waals surface area contributed by atoms with Crippen LogP contribution in [0.25, 0.3) is 0 Å². The summed E-state index contributed by atoms with van der Waals surface area (Å²) in [6.07, 6.45) is 2.60. The van der Waals surface area contributed by atoms with Crippen molar-refractivity contribution in [3.8, 4) is 0 Å². The predicted molar refractivity (Wildman–Crippen MR) is 87.3 cm³/mol. The van der Waals surface area contributed by atoms with Gasteiger partial charge in [0.05, 0.1) is 12.2 Å². The number of hydrogen-bond acceptors (Lipinski definition) is 3. The molecule has 0 spiro atoms. The van der Waals surface area contributed by atoms with E-state index in [9.17, 15) is 0 Å². The van der Waals surface area contributed by atoms with E-state index in [4.69, 9.17) is 0 Å². The van der Waals surface area contributed by atoms with E-state index in [0.29, 0.717) is 11.3 Å². The molecule has 2 heterocycles. The van der Waals surface area contributed by atoms with Crippen molar-refractivity contribution in [1.82, 2.24) is 15.6 Å². The van der Waals surface area contributed by atoms with Gasteiger partial charge in [-0.3, -0.25) is 9.98 Å². The number of aliphatic imine (C=N–C) groups is 1. The van der Waals surface area contributed by atoms with Gasteiger partial charge in [-0.15, -0.1) is 0 Å².